The summed E-state index contributed by atoms with van der Waals surface area (Å²) in [5.41, 5.74) is 3.03. The van der Waals surface area contributed by atoms with Gasteiger partial charge in [0.15, 0.2) is 6.61 Å². The minimum Gasteiger partial charge on any atom is -0.482 e. The van der Waals surface area contributed by atoms with Gasteiger partial charge in [-0.15, -0.1) is 10.2 Å². The van der Waals surface area contributed by atoms with Crippen molar-refractivity contribution in [3.63, 3.8) is 0 Å². The molecule has 2 heterocycles. The standard InChI is InChI=1S/C20H19N5O3/c1-13-6-7-18-17(8-13)25(19(26)10-28-18)14(2)20(27)23-15-4-3-5-16(9-15)24-11-21-22-12-24/h3-9,11-12,14H,10H2,1-2H3,(H,23,27)/t14-/m0/s1. The fourth-order valence-corrected chi connectivity index (χ4v) is 3.15. The Labute approximate surface area is 161 Å². The predicted molar refractivity (Wildman–Crippen MR) is 104 cm³/mol. The van der Waals surface area contributed by atoms with Crippen LogP contribution in [0.4, 0.5) is 11.4 Å². The third-order valence-electron chi connectivity index (χ3n) is 4.59. The summed E-state index contributed by atoms with van der Waals surface area (Å²) < 4.78 is 7.23. The highest BCUT2D eigenvalue weighted by molar-refractivity contribution is 6.07. The molecule has 0 fully saturated rings. The molecule has 0 saturated heterocycles. The van der Waals surface area contributed by atoms with Crippen molar-refractivity contribution in [1.29, 1.82) is 0 Å². The fraction of sp³-hybridized carbons (Fsp3) is 0.200. The zero-order chi connectivity index (χ0) is 19.7. The lowest BCUT2D eigenvalue weighted by Gasteiger charge is -2.33. The summed E-state index contributed by atoms with van der Waals surface area (Å²) in [6.07, 6.45) is 3.16. The van der Waals surface area contributed by atoms with Gasteiger partial charge in [-0.3, -0.25) is 19.1 Å². The van der Waals surface area contributed by atoms with Crippen molar-refractivity contribution < 1.29 is 14.3 Å². The number of benzene rings is 2. The number of hydrogen-bond acceptors (Lipinski definition) is 5. The van der Waals surface area contributed by atoms with E-state index in [-0.39, 0.29) is 18.4 Å². The van der Waals surface area contributed by atoms with Gasteiger partial charge in [-0.2, -0.15) is 0 Å². The molecule has 0 spiro atoms. The maximum Gasteiger partial charge on any atom is 0.265 e. The Morgan fingerprint density at radius 1 is 1.18 bits per heavy atom. The Morgan fingerprint density at radius 3 is 2.75 bits per heavy atom. The van der Waals surface area contributed by atoms with Crippen molar-refractivity contribution in [2.45, 2.75) is 19.9 Å². The molecule has 8 nitrogen and oxygen atoms in total. The van der Waals surface area contributed by atoms with Gasteiger partial charge in [0.1, 0.15) is 24.4 Å². The monoisotopic (exact) mass is 377 g/mol. The van der Waals surface area contributed by atoms with Gasteiger partial charge in [-0.1, -0.05) is 12.1 Å². The molecule has 1 aliphatic rings. The van der Waals surface area contributed by atoms with Crippen LogP contribution in [-0.2, 0) is 9.59 Å². The lowest BCUT2D eigenvalue weighted by Crippen LogP contribution is -2.49. The molecule has 0 radical (unpaired) electrons. The molecular weight excluding hydrogens is 358 g/mol. The third kappa shape index (κ3) is 3.32. The summed E-state index contributed by atoms with van der Waals surface area (Å²) >= 11 is 0. The number of carbonyl (C=O) groups excluding carboxylic acids is 2. The Bertz CT molecular complexity index is 1030. The smallest absolute Gasteiger partial charge is 0.265 e. The van der Waals surface area contributed by atoms with E-state index in [0.29, 0.717) is 17.1 Å². The van der Waals surface area contributed by atoms with Crippen LogP contribution in [0.15, 0.2) is 55.1 Å². The first-order valence-electron chi connectivity index (χ1n) is 8.84. The number of fused-ring (bicyclic) bond motifs is 1. The van der Waals surface area contributed by atoms with Gasteiger partial charge in [0.05, 0.1) is 11.4 Å². The van der Waals surface area contributed by atoms with Crippen LogP contribution in [-0.4, -0.2) is 39.2 Å². The largest absolute Gasteiger partial charge is 0.482 e. The van der Waals surface area contributed by atoms with Crippen LogP contribution in [0.25, 0.3) is 5.69 Å². The summed E-state index contributed by atoms with van der Waals surface area (Å²) in [5.74, 6) is 0.0575. The number of carbonyl (C=O) groups is 2. The van der Waals surface area contributed by atoms with Crippen molar-refractivity contribution in [3.8, 4) is 11.4 Å². The topological polar surface area (TPSA) is 89.4 Å². The molecule has 142 valence electrons. The molecule has 4 rings (SSSR count). The minimum atomic E-state index is -0.699. The Morgan fingerprint density at radius 2 is 1.96 bits per heavy atom. The summed E-state index contributed by atoms with van der Waals surface area (Å²) in [4.78, 5) is 26.8. The number of amides is 2. The van der Waals surface area contributed by atoms with E-state index in [1.165, 1.54) is 4.90 Å². The van der Waals surface area contributed by atoms with Crippen molar-refractivity contribution in [2.24, 2.45) is 0 Å². The fourth-order valence-electron chi connectivity index (χ4n) is 3.15. The molecule has 1 aromatic heterocycles. The molecule has 1 N–H and O–H groups in total. The van der Waals surface area contributed by atoms with Crippen LogP contribution in [0.1, 0.15) is 12.5 Å². The number of anilines is 2. The molecule has 2 aromatic carbocycles. The van der Waals surface area contributed by atoms with E-state index >= 15 is 0 Å². The van der Waals surface area contributed by atoms with Gasteiger partial charge in [0, 0.05) is 5.69 Å². The van der Waals surface area contributed by atoms with Crippen LogP contribution in [0, 0.1) is 6.92 Å². The van der Waals surface area contributed by atoms with Gasteiger partial charge in [-0.05, 0) is 49.7 Å². The Hall–Kier alpha value is -3.68. The Kier molecular flexibility index (Phi) is 4.52. The summed E-state index contributed by atoms with van der Waals surface area (Å²) in [5, 5.41) is 10.4. The average Bonchev–Trinajstić information content (AvgIpc) is 3.22. The van der Waals surface area contributed by atoms with Crippen molar-refractivity contribution in [2.75, 3.05) is 16.8 Å². The first kappa shape index (κ1) is 17.7. The number of nitrogens with one attached hydrogen (secondary N) is 1. The molecule has 8 heteroatoms. The molecule has 1 atom stereocenters. The highest BCUT2D eigenvalue weighted by Crippen LogP contribution is 2.34. The number of aryl methyl sites for hydroxylation is 1. The number of ether oxygens (including phenoxy) is 1. The lowest BCUT2D eigenvalue weighted by molar-refractivity contribution is -0.125. The first-order chi connectivity index (χ1) is 13.5. The maximum absolute atomic E-state index is 12.9. The zero-order valence-electron chi connectivity index (χ0n) is 15.5. The second kappa shape index (κ2) is 7.15. The minimum absolute atomic E-state index is 0.0865. The van der Waals surface area contributed by atoms with E-state index < -0.39 is 6.04 Å². The molecule has 3 aromatic rings. The third-order valence-corrected chi connectivity index (χ3v) is 4.59. The molecule has 1 aliphatic heterocycles. The normalized spacial score (nSPS) is 14.2. The molecule has 28 heavy (non-hydrogen) atoms. The average molecular weight is 377 g/mol. The van der Waals surface area contributed by atoms with Crippen LogP contribution in [0.5, 0.6) is 5.75 Å². The number of rotatable bonds is 4. The van der Waals surface area contributed by atoms with Gasteiger partial charge in [0.25, 0.3) is 5.91 Å². The van der Waals surface area contributed by atoms with Crippen LogP contribution >= 0.6 is 0 Å². The van der Waals surface area contributed by atoms with Crippen LogP contribution in [0.2, 0.25) is 0 Å². The quantitative estimate of drug-likeness (QED) is 0.754. The zero-order valence-corrected chi connectivity index (χ0v) is 15.5. The number of aromatic nitrogens is 3. The van der Waals surface area contributed by atoms with E-state index in [0.717, 1.165) is 11.3 Å². The van der Waals surface area contributed by atoms with Gasteiger partial charge in [0.2, 0.25) is 5.91 Å². The number of nitrogens with zero attached hydrogens (tertiary/aromatic N) is 4. The summed E-state index contributed by atoms with van der Waals surface area (Å²) in [6, 6.07) is 12.2. The number of hydrogen-bond donors (Lipinski definition) is 1. The van der Waals surface area contributed by atoms with Gasteiger partial charge >= 0.3 is 0 Å². The Balaban J connectivity index is 1.57. The van der Waals surface area contributed by atoms with E-state index in [4.69, 9.17) is 4.74 Å². The molecule has 0 aliphatic carbocycles. The lowest BCUT2D eigenvalue weighted by atomic mass is 10.1. The highest BCUT2D eigenvalue weighted by atomic mass is 16.5. The molecule has 0 saturated carbocycles. The second-order valence-corrected chi connectivity index (χ2v) is 6.61. The molecular formula is C20H19N5O3. The summed E-state index contributed by atoms with van der Waals surface area (Å²) in [7, 11) is 0. The molecule has 0 unspecified atom stereocenters. The van der Waals surface area contributed by atoms with E-state index in [1.54, 1.807) is 30.2 Å². The molecule has 2 amide bonds. The van der Waals surface area contributed by atoms with Crippen molar-refractivity contribution in [3.05, 3.63) is 60.7 Å². The van der Waals surface area contributed by atoms with E-state index in [1.807, 2.05) is 43.3 Å². The maximum atomic E-state index is 12.9. The predicted octanol–water partition coefficient (Wildman–Crippen LogP) is 2.33. The second-order valence-electron chi connectivity index (χ2n) is 6.61. The van der Waals surface area contributed by atoms with Gasteiger partial charge < -0.3 is 10.1 Å². The van der Waals surface area contributed by atoms with Crippen molar-refractivity contribution in [1.82, 2.24) is 14.8 Å². The van der Waals surface area contributed by atoms with E-state index in [9.17, 15) is 9.59 Å². The van der Waals surface area contributed by atoms with Crippen LogP contribution < -0.4 is 15.0 Å². The molecule has 0 bridgehead atoms. The van der Waals surface area contributed by atoms with Crippen molar-refractivity contribution >= 4 is 23.2 Å². The SMILES string of the molecule is Cc1ccc2c(c1)N([C@@H](C)C(=O)Nc1cccc(-n3cnnc3)c1)C(=O)CO2. The van der Waals surface area contributed by atoms with Gasteiger partial charge in [-0.25, -0.2) is 0 Å². The summed E-state index contributed by atoms with van der Waals surface area (Å²) in [6.45, 7) is 3.55. The highest BCUT2D eigenvalue weighted by Gasteiger charge is 2.33. The first-order valence-corrected chi connectivity index (χ1v) is 8.84. The van der Waals surface area contributed by atoms with Crippen LogP contribution in [0.3, 0.4) is 0 Å². The van der Waals surface area contributed by atoms with E-state index in [2.05, 4.69) is 15.5 Å².